The Morgan fingerprint density at radius 2 is 2.12 bits per heavy atom. The lowest BCUT2D eigenvalue weighted by atomic mass is 10.2. The molecule has 0 unspecified atom stereocenters. The van der Waals surface area contributed by atoms with Crippen LogP contribution in [-0.4, -0.2) is 32.4 Å². The molecule has 26 heavy (non-hydrogen) atoms. The van der Waals surface area contributed by atoms with E-state index in [4.69, 9.17) is 4.74 Å². The van der Waals surface area contributed by atoms with Crippen molar-refractivity contribution in [3.05, 3.63) is 62.6 Å². The number of nitrogens with zero attached hydrogens (tertiary/aromatic N) is 2. The minimum absolute atomic E-state index is 0.123. The van der Waals surface area contributed by atoms with Crippen LogP contribution in [0.4, 0.5) is 0 Å². The maximum atomic E-state index is 12.4. The SMILES string of the molecule is CCCOc1ncccc1CNC(=O)c1cnc2[nH]c(=O)[nH]c(=O)c2c1. The van der Waals surface area contributed by atoms with Crippen molar-refractivity contribution < 1.29 is 9.53 Å². The van der Waals surface area contributed by atoms with E-state index in [0.717, 1.165) is 12.0 Å². The molecule has 0 aromatic carbocycles. The number of aromatic amines is 2. The van der Waals surface area contributed by atoms with Crippen LogP contribution in [-0.2, 0) is 6.54 Å². The molecule has 0 saturated carbocycles. The van der Waals surface area contributed by atoms with Gasteiger partial charge in [-0.05, 0) is 18.6 Å². The van der Waals surface area contributed by atoms with Crippen LogP contribution in [0.25, 0.3) is 11.0 Å². The Bertz CT molecular complexity index is 1060. The minimum atomic E-state index is -0.650. The summed E-state index contributed by atoms with van der Waals surface area (Å²) < 4.78 is 5.55. The first-order chi connectivity index (χ1) is 12.6. The zero-order chi connectivity index (χ0) is 18.5. The zero-order valence-electron chi connectivity index (χ0n) is 14.0. The van der Waals surface area contributed by atoms with Crippen LogP contribution in [0.3, 0.4) is 0 Å². The number of pyridine rings is 2. The van der Waals surface area contributed by atoms with E-state index in [9.17, 15) is 14.4 Å². The summed E-state index contributed by atoms with van der Waals surface area (Å²) in [6.07, 6.45) is 3.77. The molecule has 0 aliphatic rings. The Labute approximate surface area is 147 Å². The summed E-state index contributed by atoms with van der Waals surface area (Å²) in [7, 11) is 0. The summed E-state index contributed by atoms with van der Waals surface area (Å²) in [6.45, 7) is 2.74. The molecule has 3 heterocycles. The van der Waals surface area contributed by atoms with Crippen LogP contribution in [0.5, 0.6) is 5.88 Å². The van der Waals surface area contributed by atoms with Gasteiger partial charge < -0.3 is 10.1 Å². The largest absolute Gasteiger partial charge is 0.477 e. The molecule has 0 aliphatic heterocycles. The number of hydrogen-bond acceptors (Lipinski definition) is 6. The van der Waals surface area contributed by atoms with Crippen LogP contribution >= 0.6 is 0 Å². The second-order valence-corrected chi connectivity index (χ2v) is 5.53. The number of H-pyrrole nitrogens is 2. The Morgan fingerprint density at radius 3 is 2.92 bits per heavy atom. The number of hydrogen-bond donors (Lipinski definition) is 3. The van der Waals surface area contributed by atoms with Gasteiger partial charge in [-0.1, -0.05) is 13.0 Å². The third kappa shape index (κ3) is 3.77. The Kier molecular flexibility index (Phi) is 5.07. The van der Waals surface area contributed by atoms with Crippen LogP contribution in [0.15, 0.2) is 40.2 Å². The van der Waals surface area contributed by atoms with Crippen molar-refractivity contribution in [3.63, 3.8) is 0 Å². The molecule has 0 radical (unpaired) electrons. The van der Waals surface area contributed by atoms with E-state index in [0.29, 0.717) is 12.5 Å². The monoisotopic (exact) mass is 355 g/mol. The Morgan fingerprint density at radius 1 is 1.27 bits per heavy atom. The highest BCUT2D eigenvalue weighted by atomic mass is 16.5. The maximum absolute atomic E-state index is 12.4. The molecule has 0 bridgehead atoms. The normalized spacial score (nSPS) is 10.7. The predicted molar refractivity (Wildman–Crippen MR) is 94.2 cm³/mol. The van der Waals surface area contributed by atoms with Crippen molar-refractivity contribution in [1.82, 2.24) is 25.3 Å². The number of carbonyl (C=O) groups excluding carboxylic acids is 1. The molecule has 0 saturated heterocycles. The van der Waals surface area contributed by atoms with E-state index >= 15 is 0 Å². The molecule has 0 atom stereocenters. The van der Waals surface area contributed by atoms with Crippen molar-refractivity contribution in [2.75, 3.05) is 6.61 Å². The minimum Gasteiger partial charge on any atom is -0.477 e. The first kappa shape index (κ1) is 17.3. The molecule has 3 N–H and O–H groups in total. The van der Waals surface area contributed by atoms with E-state index in [2.05, 4.69) is 25.3 Å². The standard InChI is InChI=1S/C17H17N5O4/c1-2-6-26-16-10(4-3-5-18-16)8-20-14(23)11-7-12-13(19-9-11)21-17(25)22-15(12)24/h3-5,7,9H,2,6,8H2,1H3,(H,20,23)(H2,19,21,22,24,25). The molecule has 134 valence electrons. The van der Waals surface area contributed by atoms with Crippen LogP contribution in [0.1, 0.15) is 29.3 Å². The van der Waals surface area contributed by atoms with Gasteiger partial charge in [0.05, 0.1) is 17.6 Å². The average Bonchev–Trinajstić information content (AvgIpc) is 2.64. The topological polar surface area (TPSA) is 130 Å². The Hall–Kier alpha value is -3.49. The quantitative estimate of drug-likeness (QED) is 0.597. The summed E-state index contributed by atoms with van der Waals surface area (Å²) >= 11 is 0. The number of rotatable bonds is 6. The molecular weight excluding hydrogens is 338 g/mol. The highest BCUT2D eigenvalue weighted by Crippen LogP contribution is 2.14. The molecule has 0 aliphatic carbocycles. The van der Waals surface area contributed by atoms with Gasteiger partial charge in [0.15, 0.2) is 0 Å². The van der Waals surface area contributed by atoms with E-state index in [1.165, 1.54) is 12.3 Å². The summed E-state index contributed by atoms with van der Waals surface area (Å²) in [5.74, 6) is 0.0654. The molecule has 9 nitrogen and oxygen atoms in total. The molecule has 3 aromatic heterocycles. The lowest BCUT2D eigenvalue weighted by Crippen LogP contribution is -2.25. The number of nitrogens with one attached hydrogen (secondary N) is 3. The van der Waals surface area contributed by atoms with Gasteiger partial charge in [0, 0.05) is 24.5 Å². The lowest BCUT2D eigenvalue weighted by Gasteiger charge is -2.10. The molecular formula is C17H17N5O4. The highest BCUT2D eigenvalue weighted by molar-refractivity contribution is 5.96. The molecule has 0 fully saturated rings. The van der Waals surface area contributed by atoms with E-state index in [1.807, 2.05) is 13.0 Å². The van der Waals surface area contributed by atoms with Gasteiger partial charge in [-0.3, -0.25) is 19.6 Å². The fraction of sp³-hybridized carbons (Fsp3) is 0.235. The summed E-state index contributed by atoms with van der Waals surface area (Å²) in [5, 5.41) is 2.87. The van der Waals surface area contributed by atoms with Gasteiger partial charge in [0.2, 0.25) is 5.88 Å². The van der Waals surface area contributed by atoms with Crippen LogP contribution in [0.2, 0.25) is 0 Å². The van der Waals surface area contributed by atoms with Crippen molar-refractivity contribution in [2.24, 2.45) is 0 Å². The van der Waals surface area contributed by atoms with Crippen molar-refractivity contribution in [3.8, 4) is 5.88 Å². The van der Waals surface area contributed by atoms with Gasteiger partial charge in [-0.25, -0.2) is 14.8 Å². The number of ether oxygens (including phenoxy) is 1. The van der Waals surface area contributed by atoms with Gasteiger partial charge in [-0.15, -0.1) is 0 Å². The van der Waals surface area contributed by atoms with Crippen molar-refractivity contribution in [2.45, 2.75) is 19.9 Å². The summed E-state index contributed by atoms with van der Waals surface area (Å²) in [6, 6.07) is 4.95. The predicted octanol–water partition coefficient (Wildman–Crippen LogP) is 0.725. The van der Waals surface area contributed by atoms with Gasteiger partial charge >= 0.3 is 5.69 Å². The third-order valence-corrected chi connectivity index (χ3v) is 3.59. The molecule has 3 rings (SSSR count). The number of carbonyl (C=O) groups is 1. The maximum Gasteiger partial charge on any atom is 0.327 e. The average molecular weight is 355 g/mol. The van der Waals surface area contributed by atoms with Crippen molar-refractivity contribution >= 4 is 16.9 Å². The molecule has 3 aromatic rings. The highest BCUT2D eigenvalue weighted by Gasteiger charge is 2.11. The second-order valence-electron chi connectivity index (χ2n) is 5.53. The first-order valence-corrected chi connectivity index (χ1v) is 8.05. The van der Waals surface area contributed by atoms with Crippen LogP contribution in [0, 0.1) is 0 Å². The lowest BCUT2D eigenvalue weighted by molar-refractivity contribution is 0.0950. The van der Waals surface area contributed by atoms with Crippen molar-refractivity contribution in [1.29, 1.82) is 0 Å². The number of fused-ring (bicyclic) bond motifs is 1. The summed E-state index contributed by atoms with van der Waals surface area (Å²) in [5.41, 5.74) is -0.185. The molecule has 1 amide bonds. The fourth-order valence-corrected chi connectivity index (χ4v) is 2.34. The number of aromatic nitrogens is 4. The van der Waals surface area contributed by atoms with Gasteiger partial charge in [0.1, 0.15) is 5.65 Å². The fourth-order valence-electron chi connectivity index (χ4n) is 2.34. The van der Waals surface area contributed by atoms with E-state index < -0.39 is 17.2 Å². The first-order valence-electron chi connectivity index (χ1n) is 8.05. The van der Waals surface area contributed by atoms with Gasteiger partial charge in [0.25, 0.3) is 11.5 Å². The number of amides is 1. The third-order valence-electron chi connectivity index (χ3n) is 3.59. The van der Waals surface area contributed by atoms with Gasteiger partial charge in [-0.2, -0.15) is 0 Å². The van der Waals surface area contributed by atoms with Crippen LogP contribution < -0.4 is 21.3 Å². The Balaban J connectivity index is 1.78. The summed E-state index contributed by atoms with van der Waals surface area (Å²) in [4.78, 5) is 48.1. The van der Waals surface area contributed by atoms with E-state index in [1.54, 1.807) is 12.3 Å². The second kappa shape index (κ2) is 7.60. The molecule has 0 spiro atoms. The zero-order valence-corrected chi connectivity index (χ0v) is 14.0. The smallest absolute Gasteiger partial charge is 0.327 e. The molecule has 9 heteroatoms. The van der Waals surface area contributed by atoms with E-state index in [-0.39, 0.29) is 23.1 Å².